The van der Waals surface area contributed by atoms with E-state index in [-0.39, 0.29) is 11.7 Å². The van der Waals surface area contributed by atoms with Gasteiger partial charge in [0.25, 0.3) is 0 Å². The van der Waals surface area contributed by atoms with E-state index in [0.717, 1.165) is 12.0 Å². The lowest BCUT2D eigenvalue weighted by molar-refractivity contribution is -0.119. The van der Waals surface area contributed by atoms with Crippen LogP contribution in [0.5, 0.6) is 0 Å². The number of ether oxygens (including phenoxy) is 1. The Labute approximate surface area is 94.9 Å². The van der Waals surface area contributed by atoms with E-state index in [0.29, 0.717) is 18.9 Å². The molecule has 0 saturated carbocycles. The summed E-state index contributed by atoms with van der Waals surface area (Å²) in [6.45, 7) is 0.913. The first-order chi connectivity index (χ1) is 7.83. The van der Waals surface area contributed by atoms with E-state index < -0.39 is 0 Å². The molecule has 0 amide bonds. The van der Waals surface area contributed by atoms with Gasteiger partial charge in [-0.2, -0.15) is 0 Å². The molecular weight excluding hydrogens is 202 g/mol. The van der Waals surface area contributed by atoms with E-state index in [1.165, 1.54) is 0 Å². The molecule has 0 fully saturated rings. The summed E-state index contributed by atoms with van der Waals surface area (Å²) in [5.74, 6) is 0.177. The van der Waals surface area contributed by atoms with Crippen LogP contribution in [0.2, 0.25) is 0 Å². The van der Waals surface area contributed by atoms with Crippen molar-refractivity contribution >= 4 is 5.78 Å². The van der Waals surface area contributed by atoms with Crippen molar-refractivity contribution in [3.8, 4) is 0 Å². The summed E-state index contributed by atoms with van der Waals surface area (Å²) in [5, 5.41) is 0. The molecule has 3 nitrogen and oxygen atoms in total. The average Bonchev–Trinajstić information content (AvgIpc) is 2.85. The standard InChI is InChI=1S/C13H15NO2/c14-9-11(10-5-2-1-3-6-10)13(15)12-7-4-8-16-12/h1-3,5-7,11H,4,8-9,14H2. The SMILES string of the molecule is NCC(C(=O)C1=CCCO1)c1ccccc1. The number of benzene rings is 1. The molecule has 0 aromatic heterocycles. The Morgan fingerprint density at radius 2 is 2.12 bits per heavy atom. The van der Waals surface area contributed by atoms with E-state index in [1.54, 1.807) is 0 Å². The van der Waals surface area contributed by atoms with Gasteiger partial charge in [-0.25, -0.2) is 0 Å². The van der Waals surface area contributed by atoms with E-state index in [2.05, 4.69) is 0 Å². The molecule has 1 unspecified atom stereocenters. The summed E-state index contributed by atoms with van der Waals surface area (Å²) in [7, 11) is 0. The second kappa shape index (κ2) is 4.94. The molecule has 0 spiro atoms. The second-order valence-corrected chi connectivity index (χ2v) is 3.77. The van der Waals surface area contributed by atoms with Crippen LogP contribution >= 0.6 is 0 Å². The van der Waals surface area contributed by atoms with Crippen molar-refractivity contribution in [2.45, 2.75) is 12.3 Å². The Morgan fingerprint density at radius 1 is 1.38 bits per heavy atom. The van der Waals surface area contributed by atoms with Crippen molar-refractivity contribution in [2.24, 2.45) is 5.73 Å². The largest absolute Gasteiger partial charge is 0.490 e. The predicted molar refractivity (Wildman–Crippen MR) is 61.9 cm³/mol. The van der Waals surface area contributed by atoms with Crippen molar-refractivity contribution in [3.63, 3.8) is 0 Å². The molecule has 1 aromatic carbocycles. The number of hydrogen-bond acceptors (Lipinski definition) is 3. The van der Waals surface area contributed by atoms with Gasteiger partial charge in [0.15, 0.2) is 5.76 Å². The van der Waals surface area contributed by atoms with Crippen LogP contribution in [0, 0.1) is 0 Å². The zero-order chi connectivity index (χ0) is 11.4. The molecule has 0 saturated heterocycles. The monoisotopic (exact) mass is 217 g/mol. The molecule has 1 atom stereocenters. The minimum atomic E-state index is -0.287. The molecule has 1 heterocycles. The zero-order valence-electron chi connectivity index (χ0n) is 9.06. The van der Waals surface area contributed by atoms with Gasteiger partial charge in [-0.1, -0.05) is 30.3 Å². The summed E-state index contributed by atoms with van der Waals surface area (Å²) in [4.78, 5) is 12.1. The maximum atomic E-state index is 12.1. The Bertz CT molecular complexity index is 398. The minimum absolute atomic E-state index is 0.00815. The Kier molecular flexibility index (Phi) is 3.37. The highest BCUT2D eigenvalue weighted by molar-refractivity contribution is 5.99. The van der Waals surface area contributed by atoms with E-state index >= 15 is 0 Å². The Hall–Kier alpha value is -1.61. The number of Topliss-reactive ketones (excluding diaryl/α,β-unsaturated/α-hetero) is 1. The Morgan fingerprint density at radius 3 is 2.69 bits per heavy atom. The van der Waals surface area contributed by atoms with Crippen LogP contribution in [0.25, 0.3) is 0 Å². The highest BCUT2D eigenvalue weighted by Crippen LogP contribution is 2.22. The van der Waals surface area contributed by atoms with Gasteiger partial charge in [-0.15, -0.1) is 0 Å². The fraction of sp³-hybridized carbons (Fsp3) is 0.308. The van der Waals surface area contributed by atoms with Crippen LogP contribution in [0.3, 0.4) is 0 Å². The molecule has 2 N–H and O–H groups in total. The summed E-state index contributed by atoms with van der Waals surface area (Å²) >= 11 is 0. The van der Waals surface area contributed by atoms with Crippen LogP contribution < -0.4 is 5.73 Å². The average molecular weight is 217 g/mol. The summed E-state index contributed by atoms with van der Waals surface area (Å²) in [5.41, 5.74) is 6.62. The molecular formula is C13H15NO2. The van der Waals surface area contributed by atoms with E-state index in [9.17, 15) is 4.79 Å². The maximum absolute atomic E-state index is 12.1. The predicted octanol–water partition coefficient (Wildman–Crippen LogP) is 1.60. The van der Waals surface area contributed by atoms with Gasteiger partial charge in [-0.05, 0) is 11.6 Å². The van der Waals surface area contributed by atoms with Crippen molar-refractivity contribution in [2.75, 3.05) is 13.2 Å². The van der Waals surface area contributed by atoms with Crippen molar-refractivity contribution in [1.29, 1.82) is 0 Å². The number of nitrogens with two attached hydrogens (primary N) is 1. The molecule has 16 heavy (non-hydrogen) atoms. The summed E-state index contributed by atoms with van der Waals surface area (Å²) < 4.78 is 5.28. The van der Waals surface area contributed by atoms with Crippen LogP contribution in [0.15, 0.2) is 42.2 Å². The molecule has 3 heteroatoms. The van der Waals surface area contributed by atoms with E-state index in [1.807, 2.05) is 36.4 Å². The van der Waals surface area contributed by atoms with E-state index in [4.69, 9.17) is 10.5 Å². The fourth-order valence-corrected chi connectivity index (χ4v) is 1.84. The maximum Gasteiger partial charge on any atom is 0.205 e. The van der Waals surface area contributed by atoms with Crippen molar-refractivity contribution < 1.29 is 9.53 Å². The van der Waals surface area contributed by atoms with Crippen LogP contribution in [0.4, 0.5) is 0 Å². The topological polar surface area (TPSA) is 52.3 Å². The minimum Gasteiger partial charge on any atom is -0.490 e. The summed E-state index contributed by atoms with van der Waals surface area (Å²) in [6, 6.07) is 9.59. The number of ketones is 1. The summed E-state index contributed by atoms with van der Waals surface area (Å²) in [6.07, 6.45) is 2.65. The van der Waals surface area contributed by atoms with Gasteiger partial charge in [0.1, 0.15) is 0 Å². The first kappa shape index (κ1) is 10.9. The number of hydrogen-bond donors (Lipinski definition) is 1. The molecule has 0 bridgehead atoms. The molecule has 1 aromatic rings. The first-order valence-electron chi connectivity index (χ1n) is 5.45. The lowest BCUT2D eigenvalue weighted by Gasteiger charge is -2.14. The van der Waals surface area contributed by atoms with Gasteiger partial charge in [0, 0.05) is 13.0 Å². The van der Waals surface area contributed by atoms with Gasteiger partial charge >= 0.3 is 0 Å². The number of rotatable bonds is 4. The number of allylic oxidation sites excluding steroid dienone is 1. The van der Waals surface area contributed by atoms with Gasteiger partial charge in [0.2, 0.25) is 5.78 Å². The fourth-order valence-electron chi connectivity index (χ4n) is 1.84. The first-order valence-corrected chi connectivity index (χ1v) is 5.45. The molecule has 2 rings (SSSR count). The highest BCUT2D eigenvalue weighted by atomic mass is 16.5. The van der Waals surface area contributed by atoms with Crippen LogP contribution in [0.1, 0.15) is 17.9 Å². The molecule has 1 aliphatic rings. The van der Waals surface area contributed by atoms with Crippen LogP contribution in [-0.2, 0) is 9.53 Å². The third-order valence-electron chi connectivity index (χ3n) is 2.70. The molecule has 1 aliphatic heterocycles. The second-order valence-electron chi connectivity index (χ2n) is 3.77. The van der Waals surface area contributed by atoms with Gasteiger partial charge in [0.05, 0.1) is 12.5 Å². The zero-order valence-corrected chi connectivity index (χ0v) is 9.06. The number of carbonyl (C=O) groups excluding carboxylic acids is 1. The smallest absolute Gasteiger partial charge is 0.205 e. The normalized spacial score (nSPS) is 16.4. The highest BCUT2D eigenvalue weighted by Gasteiger charge is 2.25. The van der Waals surface area contributed by atoms with Gasteiger partial charge in [-0.3, -0.25) is 4.79 Å². The molecule has 0 aliphatic carbocycles. The van der Waals surface area contributed by atoms with Gasteiger partial charge < -0.3 is 10.5 Å². The lowest BCUT2D eigenvalue weighted by Crippen LogP contribution is -2.23. The third kappa shape index (κ3) is 2.14. The lowest BCUT2D eigenvalue weighted by atomic mass is 9.94. The van der Waals surface area contributed by atoms with Crippen LogP contribution in [-0.4, -0.2) is 18.9 Å². The third-order valence-corrected chi connectivity index (χ3v) is 2.70. The van der Waals surface area contributed by atoms with Crippen molar-refractivity contribution in [3.05, 3.63) is 47.7 Å². The van der Waals surface area contributed by atoms with Crippen molar-refractivity contribution in [1.82, 2.24) is 0 Å². The quantitative estimate of drug-likeness (QED) is 0.833. The number of carbonyl (C=O) groups is 1. The molecule has 0 radical (unpaired) electrons. The molecule has 84 valence electrons. The Balaban J connectivity index is 2.20.